The second kappa shape index (κ2) is 4.54. The molecule has 0 amide bonds. The number of hydrogen-bond acceptors (Lipinski definition) is 1. The molecule has 2 aromatic rings. The highest BCUT2D eigenvalue weighted by molar-refractivity contribution is 5.70. The van der Waals surface area contributed by atoms with Crippen LogP contribution in [0.4, 0.5) is 4.39 Å². The molecule has 18 heavy (non-hydrogen) atoms. The van der Waals surface area contributed by atoms with Gasteiger partial charge in [0.1, 0.15) is 5.82 Å². The summed E-state index contributed by atoms with van der Waals surface area (Å²) < 4.78 is 13.9. The monoisotopic (exact) mass is 241 g/mol. The van der Waals surface area contributed by atoms with Crippen LogP contribution in [-0.2, 0) is 6.42 Å². The first-order chi connectivity index (χ1) is 8.81. The van der Waals surface area contributed by atoms with Crippen molar-refractivity contribution in [1.29, 1.82) is 0 Å². The third kappa shape index (κ3) is 1.73. The Labute approximate surface area is 107 Å². The number of halogens is 1. The predicted molar refractivity (Wildman–Crippen MR) is 72.0 cm³/mol. The second-order valence-corrected chi connectivity index (χ2v) is 4.73. The molecule has 2 heteroatoms. The number of benzene rings is 2. The summed E-state index contributed by atoms with van der Waals surface area (Å²) in [6.45, 7) is 0. The van der Waals surface area contributed by atoms with Crippen LogP contribution in [-0.4, -0.2) is 7.05 Å². The molecule has 0 saturated carbocycles. The smallest absolute Gasteiger partial charge is 0.131 e. The molecule has 1 unspecified atom stereocenters. The average Bonchev–Trinajstić information content (AvgIpc) is 2.82. The Hall–Kier alpha value is -1.67. The highest BCUT2D eigenvalue weighted by atomic mass is 19.1. The summed E-state index contributed by atoms with van der Waals surface area (Å²) in [7, 11) is 1.98. The Morgan fingerprint density at radius 1 is 1.06 bits per heavy atom. The van der Waals surface area contributed by atoms with E-state index in [2.05, 4.69) is 11.4 Å². The Morgan fingerprint density at radius 3 is 2.61 bits per heavy atom. The quantitative estimate of drug-likeness (QED) is 0.845. The van der Waals surface area contributed by atoms with E-state index in [0.717, 1.165) is 18.4 Å². The number of rotatable bonds is 2. The SMILES string of the molecule is CNC1CCc2c(-c3ccccc3F)cccc21. The molecule has 1 aliphatic carbocycles. The lowest BCUT2D eigenvalue weighted by molar-refractivity contribution is 0.590. The normalized spacial score (nSPS) is 17.8. The van der Waals surface area contributed by atoms with Crippen molar-refractivity contribution >= 4 is 0 Å². The van der Waals surface area contributed by atoms with Gasteiger partial charge in [-0.15, -0.1) is 0 Å². The minimum atomic E-state index is -0.140. The van der Waals surface area contributed by atoms with E-state index in [0.29, 0.717) is 11.6 Å². The molecule has 0 saturated heterocycles. The molecule has 2 aromatic carbocycles. The molecule has 0 aliphatic heterocycles. The van der Waals surface area contributed by atoms with Crippen LogP contribution < -0.4 is 5.32 Å². The van der Waals surface area contributed by atoms with Crippen LogP contribution in [0, 0.1) is 5.82 Å². The maximum atomic E-state index is 13.9. The van der Waals surface area contributed by atoms with E-state index >= 15 is 0 Å². The molecule has 1 nitrogen and oxygen atoms in total. The summed E-state index contributed by atoms with van der Waals surface area (Å²) in [5.41, 5.74) is 4.37. The first kappa shape index (κ1) is 11.4. The van der Waals surface area contributed by atoms with Crippen LogP contribution in [0.1, 0.15) is 23.6 Å². The van der Waals surface area contributed by atoms with Gasteiger partial charge < -0.3 is 5.32 Å². The van der Waals surface area contributed by atoms with Crippen LogP contribution in [0.5, 0.6) is 0 Å². The van der Waals surface area contributed by atoms with Crippen molar-refractivity contribution < 1.29 is 4.39 Å². The van der Waals surface area contributed by atoms with Gasteiger partial charge >= 0.3 is 0 Å². The minimum Gasteiger partial charge on any atom is -0.313 e. The van der Waals surface area contributed by atoms with Crippen molar-refractivity contribution in [3.63, 3.8) is 0 Å². The van der Waals surface area contributed by atoms with E-state index in [1.165, 1.54) is 17.2 Å². The summed E-state index contributed by atoms with van der Waals surface area (Å²) in [4.78, 5) is 0. The molecule has 0 radical (unpaired) electrons. The summed E-state index contributed by atoms with van der Waals surface area (Å²) in [6.07, 6.45) is 2.11. The third-order valence-corrected chi connectivity index (χ3v) is 3.78. The predicted octanol–water partition coefficient (Wildman–Crippen LogP) is 3.70. The number of fused-ring (bicyclic) bond motifs is 1. The summed E-state index contributed by atoms with van der Waals surface area (Å²) in [5.74, 6) is -0.140. The molecule has 0 fully saturated rings. The molecule has 1 aliphatic rings. The van der Waals surface area contributed by atoms with Crippen molar-refractivity contribution in [2.24, 2.45) is 0 Å². The van der Waals surface area contributed by atoms with E-state index < -0.39 is 0 Å². The first-order valence-electron chi connectivity index (χ1n) is 6.35. The van der Waals surface area contributed by atoms with Gasteiger partial charge in [-0.2, -0.15) is 0 Å². The Kier molecular flexibility index (Phi) is 2.88. The molecule has 1 N–H and O–H groups in total. The number of hydrogen-bond donors (Lipinski definition) is 1. The van der Waals surface area contributed by atoms with Crippen molar-refractivity contribution in [3.05, 3.63) is 59.4 Å². The second-order valence-electron chi connectivity index (χ2n) is 4.73. The molecular weight excluding hydrogens is 225 g/mol. The van der Waals surface area contributed by atoms with Crippen LogP contribution in [0.3, 0.4) is 0 Å². The highest BCUT2D eigenvalue weighted by Gasteiger charge is 2.24. The van der Waals surface area contributed by atoms with E-state index in [9.17, 15) is 4.39 Å². The van der Waals surface area contributed by atoms with Gasteiger partial charge in [-0.05, 0) is 42.6 Å². The molecule has 3 rings (SSSR count). The fourth-order valence-corrected chi connectivity index (χ4v) is 2.89. The molecule has 0 aromatic heterocycles. The molecular formula is C16H16FN. The maximum absolute atomic E-state index is 13.9. The molecule has 0 spiro atoms. The van der Waals surface area contributed by atoms with E-state index in [4.69, 9.17) is 0 Å². The zero-order valence-corrected chi connectivity index (χ0v) is 10.4. The zero-order chi connectivity index (χ0) is 12.5. The van der Waals surface area contributed by atoms with Gasteiger partial charge in [-0.1, -0.05) is 36.4 Å². The van der Waals surface area contributed by atoms with Crippen molar-refractivity contribution in [2.75, 3.05) is 7.05 Å². The molecule has 0 heterocycles. The van der Waals surface area contributed by atoms with Gasteiger partial charge in [0, 0.05) is 11.6 Å². The topological polar surface area (TPSA) is 12.0 Å². The van der Waals surface area contributed by atoms with E-state index in [-0.39, 0.29) is 5.82 Å². The van der Waals surface area contributed by atoms with Crippen LogP contribution in [0.2, 0.25) is 0 Å². The van der Waals surface area contributed by atoms with Crippen molar-refractivity contribution in [1.82, 2.24) is 5.32 Å². The Morgan fingerprint density at radius 2 is 1.83 bits per heavy atom. The third-order valence-electron chi connectivity index (χ3n) is 3.78. The number of nitrogens with one attached hydrogen (secondary N) is 1. The largest absolute Gasteiger partial charge is 0.313 e. The lowest BCUT2D eigenvalue weighted by Crippen LogP contribution is -2.12. The van der Waals surface area contributed by atoms with E-state index in [1.54, 1.807) is 6.07 Å². The summed E-state index contributed by atoms with van der Waals surface area (Å²) in [5, 5.41) is 3.32. The Bertz CT molecular complexity index is 577. The Balaban J connectivity index is 2.16. The van der Waals surface area contributed by atoms with Gasteiger partial charge in [0.25, 0.3) is 0 Å². The van der Waals surface area contributed by atoms with Gasteiger partial charge in [0.15, 0.2) is 0 Å². The van der Waals surface area contributed by atoms with E-state index in [1.807, 2.05) is 31.3 Å². The summed E-state index contributed by atoms with van der Waals surface area (Å²) in [6, 6.07) is 13.6. The van der Waals surface area contributed by atoms with Crippen LogP contribution >= 0.6 is 0 Å². The molecule has 0 bridgehead atoms. The highest BCUT2D eigenvalue weighted by Crippen LogP contribution is 2.38. The fraction of sp³-hybridized carbons (Fsp3) is 0.250. The molecule has 1 atom stereocenters. The van der Waals surface area contributed by atoms with Crippen LogP contribution in [0.15, 0.2) is 42.5 Å². The van der Waals surface area contributed by atoms with Gasteiger partial charge in [-0.3, -0.25) is 0 Å². The average molecular weight is 241 g/mol. The van der Waals surface area contributed by atoms with Crippen LogP contribution in [0.25, 0.3) is 11.1 Å². The molecule has 92 valence electrons. The zero-order valence-electron chi connectivity index (χ0n) is 10.4. The first-order valence-corrected chi connectivity index (χ1v) is 6.35. The lowest BCUT2D eigenvalue weighted by Gasteiger charge is -2.12. The van der Waals surface area contributed by atoms with Gasteiger partial charge in [-0.25, -0.2) is 4.39 Å². The lowest BCUT2D eigenvalue weighted by atomic mass is 9.96. The minimum absolute atomic E-state index is 0.140. The van der Waals surface area contributed by atoms with Gasteiger partial charge in [0.05, 0.1) is 0 Å². The standard InChI is InChI=1S/C16H16FN/c1-18-16-10-9-12-11(6-4-7-14(12)16)13-5-2-3-8-15(13)17/h2-8,16,18H,9-10H2,1H3. The maximum Gasteiger partial charge on any atom is 0.131 e. The fourth-order valence-electron chi connectivity index (χ4n) is 2.89. The van der Waals surface area contributed by atoms with Crippen molar-refractivity contribution in [2.45, 2.75) is 18.9 Å². The van der Waals surface area contributed by atoms with Crippen molar-refractivity contribution in [3.8, 4) is 11.1 Å². The van der Waals surface area contributed by atoms with Gasteiger partial charge in [0.2, 0.25) is 0 Å². The summed E-state index contributed by atoms with van der Waals surface area (Å²) >= 11 is 0.